The fraction of sp³-hybridized carbons (Fsp3) is 0.333. The number of hydrogen-bond acceptors (Lipinski definition) is 6. The van der Waals surface area contributed by atoms with E-state index in [4.69, 9.17) is 5.73 Å². The zero-order valence-corrected chi connectivity index (χ0v) is 20.2. The summed E-state index contributed by atoms with van der Waals surface area (Å²) >= 11 is 0. The van der Waals surface area contributed by atoms with Gasteiger partial charge in [-0.15, -0.1) is 0 Å². The first kappa shape index (κ1) is 23.4. The number of nitrogen functional groups attached to an aromatic ring is 1. The molecule has 0 aromatic heterocycles. The van der Waals surface area contributed by atoms with Crippen molar-refractivity contribution in [1.29, 1.82) is 0 Å². The number of nitrogens with two attached hydrogens (primary N) is 1. The largest absolute Gasteiger partial charge is 0.399 e. The van der Waals surface area contributed by atoms with Crippen molar-refractivity contribution in [2.24, 2.45) is 47.3 Å². The Labute approximate surface area is 215 Å². The highest BCUT2D eigenvalue weighted by Crippen LogP contribution is 2.53. The molecule has 2 saturated carbocycles. The quantitative estimate of drug-likeness (QED) is 0.212. The molecule has 8 atom stereocenters. The number of allylic oxidation sites excluding steroid dienone is 4. The smallest absolute Gasteiger partial charge is 0.318 e. The number of cyclic esters (lactones) is 2. The molecule has 2 N–H and O–H groups in total. The minimum atomic E-state index is -0.304. The molecule has 0 spiro atoms. The maximum absolute atomic E-state index is 12.5. The molecule has 7 heteroatoms. The van der Waals surface area contributed by atoms with Crippen LogP contribution in [0.4, 0.5) is 11.4 Å². The van der Waals surface area contributed by atoms with Gasteiger partial charge in [-0.1, -0.05) is 60.7 Å². The summed E-state index contributed by atoms with van der Waals surface area (Å²) in [4.78, 5) is 48.7. The number of hydrogen-bond donors (Lipinski definition) is 1. The first-order valence-corrected chi connectivity index (χ1v) is 12.8. The molecular formula is C30H28N2O5. The van der Waals surface area contributed by atoms with Gasteiger partial charge in [0.15, 0.2) is 0 Å². The van der Waals surface area contributed by atoms with Crippen molar-refractivity contribution in [3.8, 4) is 0 Å². The van der Waals surface area contributed by atoms with Crippen LogP contribution in [0.1, 0.15) is 12.8 Å². The molecule has 2 aromatic rings. The number of ether oxygens (including phenoxy) is 1. The summed E-state index contributed by atoms with van der Waals surface area (Å²) in [7, 11) is 0. The van der Waals surface area contributed by atoms with Crippen LogP contribution < -0.4 is 10.6 Å². The fourth-order valence-electron chi connectivity index (χ4n) is 6.89. The molecule has 2 heterocycles. The Bertz CT molecular complexity index is 1250. The van der Waals surface area contributed by atoms with Gasteiger partial charge in [-0.3, -0.25) is 24.1 Å². The third-order valence-electron chi connectivity index (χ3n) is 8.49. The first-order valence-electron chi connectivity index (χ1n) is 12.8. The van der Waals surface area contributed by atoms with E-state index in [1.54, 1.807) is 0 Å². The molecule has 4 bridgehead atoms. The minimum Gasteiger partial charge on any atom is -0.399 e. The van der Waals surface area contributed by atoms with Crippen molar-refractivity contribution in [2.75, 3.05) is 10.6 Å². The van der Waals surface area contributed by atoms with Crippen molar-refractivity contribution < 1.29 is 23.9 Å². The molecule has 2 aliphatic heterocycles. The van der Waals surface area contributed by atoms with Crippen molar-refractivity contribution in [2.45, 2.75) is 12.8 Å². The molecule has 4 aliphatic carbocycles. The van der Waals surface area contributed by atoms with E-state index in [1.807, 2.05) is 72.8 Å². The van der Waals surface area contributed by atoms with Crippen molar-refractivity contribution in [3.63, 3.8) is 0 Å². The molecule has 6 aliphatic rings. The molecule has 8 rings (SSSR count). The molecule has 4 fully saturated rings. The lowest BCUT2D eigenvalue weighted by Crippen LogP contribution is -2.32. The number of rotatable bonds is 1. The average Bonchev–Trinajstić information content (AvgIpc) is 3.74. The predicted molar refractivity (Wildman–Crippen MR) is 136 cm³/mol. The summed E-state index contributed by atoms with van der Waals surface area (Å²) in [6, 6.07) is 18.7. The van der Waals surface area contributed by atoms with Gasteiger partial charge in [0.1, 0.15) is 0 Å². The number of benzene rings is 2. The van der Waals surface area contributed by atoms with E-state index in [9.17, 15) is 19.2 Å². The number of esters is 2. The van der Waals surface area contributed by atoms with Crippen LogP contribution in [0.5, 0.6) is 0 Å². The minimum absolute atomic E-state index is 0.00644. The van der Waals surface area contributed by atoms with Gasteiger partial charge in [0.25, 0.3) is 0 Å². The number of carbonyl (C=O) groups excluding carboxylic acids is 4. The molecule has 2 aromatic carbocycles. The van der Waals surface area contributed by atoms with E-state index in [2.05, 4.69) is 16.9 Å². The normalized spacial score (nSPS) is 35.1. The van der Waals surface area contributed by atoms with E-state index < -0.39 is 0 Å². The lowest BCUT2D eigenvalue weighted by molar-refractivity contribution is -0.154. The van der Waals surface area contributed by atoms with Crippen LogP contribution in [-0.2, 0) is 23.9 Å². The lowest BCUT2D eigenvalue weighted by Gasteiger charge is -2.16. The van der Waals surface area contributed by atoms with Crippen LogP contribution in [0.2, 0.25) is 0 Å². The first-order chi connectivity index (χ1) is 17.9. The zero-order valence-electron chi connectivity index (χ0n) is 20.2. The summed E-state index contributed by atoms with van der Waals surface area (Å²) in [5.74, 6) is -0.00145. The van der Waals surface area contributed by atoms with Gasteiger partial charge in [0, 0.05) is 5.69 Å². The summed E-state index contributed by atoms with van der Waals surface area (Å²) in [5, 5.41) is 0. The Morgan fingerprint density at radius 1 is 0.595 bits per heavy atom. The van der Waals surface area contributed by atoms with Crippen molar-refractivity contribution >= 4 is 35.1 Å². The fourth-order valence-corrected chi connectivity index (χ4v) is 6.89. The van der Waals surface area contributed by atoms with Gasteiger partial charge < -0.3 is 10.5 Å². The Hall–Kier alpha value is -4.00. The van der Waals surface area contributed by atoms with E-state index >= 15 is 0 Å². The summed E-state index contributed by atoms with van der Waals surface area (Å²) in [6.07, 6.45) is 10.3. The molecule has 2 saturated heterocycles. The van der Waals surface area contributed by atoms with Crippen LogP contribution in [-0.4, -0.2) is 23.8 Å². The van der Waals surface area contributed by atoms with Gasteiger partial charge in [-0.25, -0.2) is 0 Å². The van der Waals surface area contributed by atoms with Crippen LogP contribution >= 0.6 is 0 Å². The van der Waals surface area contributed by atoms with E-state index in [-0.39, 0.29) is 71.1 Å². The van der Waals surface area contributed by atoms with Crippen LogP contribution in [0.25, 0.3) is 0 Å². The second-order valence-electron chi connectivity index (χ2n) is 10.5. The van der Waals surface area contributed by atoms with E-state index in [1.165, 1.54) is 4.90 Å². The molecule has 188 valence electrons. The zero-order chi connectivity index (χ0) is 25.7. The average molecular weight is 497 g/mol. The maximum atomic E-state index is 12.5. The molecule has 37 heavy (non-hydrogen) atoms. The molecule has 0 unspecified atom stereocenters. The predicted octanol–water partition coefficient (Wildman–Crippen LogP) is 3.78. The van der Waals surface area contributed by atoms with E-state index in [0.717, 1.165) is 18.5 Å². The summed E-state index contributed by atoms with van der Waals surface area (Å²) < 4.78 is 4.59. The number of amides is 2. The van der Waals surface area contributed by atoms with Crippen LogP contribution in [0.15, 0.2) is 85.0 Å². The number of para-hydroxylation sites is 2. The summed E-state index contributed by atoms with van der Waals surface area (Å²) in [5.41, 5.74) is 6.89. The number of imide groups is 1. The van der Waals surface area contributed by atoms with Gasteiger partial charge in [-0.2, -0.15) is 0 Å². The van der Waals surface area contributed by atoms with Gasteiger partial charge in [0.05, 0.1) is 29.4 Å². The maximum Gasteiger partial charge on any atom is 0.318 e. The third-order valence-corrected chi connectivity index (χ3v) is 8.49. The number of carbonyl (C=O) groups is 4. The monoisotopic (exact) mass is 496 g/mol. The van der Waals surface area contributed by atoms with Gasteiger partial charge >= 0.3 is 11.9 Å². The lowest BCUT2D eigenvalue weighted by atomic mass is 9.85. The topological polar surface area (TPSA) is 107 Å². The number of fused-ring (bicyclic) bond motifs is 10. The van der Waals surface area contributed by atoms with E-state index in [0.29, 0.717) is 5.69 Å². The molecule has 0 radical (unpaired) electrons. The van der Waals surface area contributed by atoms with Crippen molar-refractivity contribution in [3.05, 3.63) is 85.0 Å². The Kier molecular flexibility index (Phi) is 5.78. The van der Waals surface area contributed by atoms with Gasteiger partial charge in [-0.05, 0) is 60.8 Å². The van der Waals surface area contributed by atoms with Crippen LogP contribution in [0.3, 0.4) is 0 Å². The highest BCUT2D eigenvalue weighted by atomic mass is 16.6. The Morgan fingerprint density at radius 2 is 1.00 bits per heavy atom. The van der Waals surface area contributed by atoms with Crippen molar-refractivity contribution in [1.82, 2.24) is 0 Å². The number of anilines is 2. The second kappa shape index (κ2) is 9.14. The Morgan fingerprint density at radius 3 is 1.41 bits per heavy atom. The second-order valence-corrected chi connectivity index (χ2v) is 10.5. The standard InChI is InChI=1S/C15H13NO2.C9H8O3.C6H7N/c17-14-12-9-6-7-10(8-9)13(12)15(18)16(14)11-4-2-1-3-5-11;10-8-6-4-1-2-5(3-4)7(6)9(11)12-8;7-6-4-2-1-3-5-6/h1-7,9-10,12-13H,8H2;1-2,4-7H,3H2;1-5H,7H2/t9-,10+,12-,13+;4-,5+,6-,7+;. The third kappa shape index (κ3) is 3.89. The highest BCUT2D eigenvalue weighted by molar-refractivity contribution is 6.22. The molecular weight excluding hydrogens is 468 g/mol. The SMILES string of the molecule is Nc1ccccc1.O=C1OC(=O)[C@H]2[C@@H]1[C@H]1C=C[C@@H]2C1.O=C1[C@@H]2[C@H](C(=O)N1c1ccccc1)[C@@H]1C=C[C@H]2C1. The Balaban J connectivity index is 0.000000114. The molecule has 7 nitrogen and oxygen atoms in total. The highest BCUT2D eigenvalue weighted by Gasteiger charge is 2.60. The van der Waals surface area contributed by atoms with Crippen LogP contribution in [0, 0.1) is 47.3 Å². The molecule has 2 amide bonds. The van der Waals surface area contributed by atoms with Gasteiger partial charge in [0.2, 0.25) is 11.8 Å². The number of nitrogens with zero attached hydrogens (tertiary/aromatic N) is 1. The summed E-state index contributed by atoms with van der Waals surface area (Å²) in [6.45, 7) is 0.